The maximum atomic E-state index is 8.56. The third-order valence-corrected chi connectivity index (χ3v) is 2.67. The van der Waals surface area contributed by atoms with Gasteiger partial charge in [-0.05, 0) is 40.3 Å². The number of nitriles is 1. The molecule has 4 nitrogen and oxygen atoms in total. The van der Waals surface area contributed by atoms with Crippen LogP contribution in [0.4, 0.5) is 11.6 Å². The van der Waals surface area contributed by atoms with Crippen LogP contribution in [0.1, 0.15) is 5.56 Å². The number of nitrogens with one attached hydrogen (secondary N) is 1. The van der Waals surface area contributed by atoms with Crippen molar-refractivity contribution in [2.75, 3.05) is 5.32 Å². The average Bonchev–Trinajstić information content (AvgIpc) is 2.35. The first kappa shape index (κ1) is 11.8. The largest absolute Gasteiger partial charge is 0.324 e. The highest BCUT2D eigenvalue weighted by Gasteiger charge is 1.98. The summed E-state index contributed by atoms with van der Waals surface area (Å²) in [4.78, 5) is 8.30. The first-order valence-corrected chi connectivity index (χ1v) is 6.06. The predicted octanol–water partition coefficient (Wildman–Crippen LogP) is 2.89. The van der Waals surface area contributed by atoms with Gasteiger partial charge in [0.25, 0.3) is 0 Å². The molecule has 1 N–H and O–H groups in total. The zero-order chi connectivity index (χ0) is 12.1. The van der Waals surface area contributed by atoms with Crippen LogP contribution in [-0.2, 0) is 6.42 Å². The number of nitrogens with zero attached hydrogens (tertiary/aromatic N) is 3. The van der Waals surface area contributed by atoms with E-state index in [2.05, 4.69) is 43.9 Å². The predicted molar refractivity (Wildman–Crippen MR) is 73.8 cm³/mol. The maximum absolute atomic E-state index is 8.56. The molecule has 0 saturated carbocycles. The summed E-state index contributed by atoms with van der Waals surface area (Å²) in [6.07, 6.45) is 3.93. The molecule has 0 aliphatic carbocycles. The van der Waals surface area contributed by atoms with Gasteiger partial charge in [-0.15, -0.1) is 0 Å². The summed E-state index contributed by atoms with van der Waals surface area (Å²) in [6.45, 7) is 0. The van der Waals surface area contributed by atoms with Crippen molar-refractivity contribution in [3.05, 3.63) is 45.8 Å². The zero-order valence-corrected chi connectivity index (χ0v) is 11.0. The van der Waals surface area contributed by atoms with Gasteiger partial charge in [0.1, 0.15) is 0 Å². The Balaban J connectivity index is 2.09. The standard InChI is InChI=1S/C12H9IN4/c13-10-7-15-12(16-8-10)17-11-3-1-9(2-4-11)5-6-14/h1-4,7-8H,5H2,(H,15,16,17). The van der Waals surface area contributed by atoms with Gasteiger partial charge in [0.05, 0.1) is 12.5 Å². The normalized spacial score (nSPS) is 9.65. The van der Waals surface area contributed by atoms with Crippen LogP contribution in [0.5, 0.6) is 0 Å². The molecule has 0 saturated heterocycles. The van der Waals surface area contributed by atoms with E-state index in [1.54, 1.807) is 12.4 Å². The molecule has 0 radical (unpaired) electrons. The Bertz CT molecular complexity index is 528. The van der Waals surface area contributed by atoms with E-state index >= 15 is 0 Å². The maximum Gasteiger partial charge on any atom is 0.227 e. The number of anilines is 2. The Kier molecular flexibility index (Phi) is 3.88. The van der Waals surface area contributed by atoms with Gasteiger partial charge in [0.2, 0.25) is 5.95 Å². The summed E-state index contributed by atoms with van der Waals surface area (Å²) in [5.41, 5.74) is 1.91. The van der Waals surface area contributed by atoms with Gasteiger partial charge < -0.3 is 5.32 Å². The Hall–Kier alpha value is -1.68. The molecular weight excluding hydrogens is 327 g/mol. The highest BCUT2D eigenvalue weighted by Crippen LogP contribution is 2.14. The second kappa shape index (κ2) is 5.59. The van der Waals surface area contributed by atoms with E-state index in [9.17, 15) is 0 Å². The molecular formula is C12H9IN4. The van der Waals surface area contributed by atoms with Crippen LogP contribution in [0.25, 0.3) is 0 Å². The van der Waals surface area contributed by atoms with Gasteiger partial charge >= 0.3 is 0 Å². The number of benzene rings is 1. The smallest absolute Gasteiger partial charge is 0.227 e. The van der Waals surface area contributed by atoms with Crippen molar-refractivity contribution in [2.24, 2.45) is 0 Å². The van der Waals surface area contributed by atoms with Gasteiger partial charge in [-0.1, -0.05) is 12.1 Å². The molecule has 0 atom stereocenters. The van der Waals surface area contributed by atoms with Crippen LogP contribution in [0.2, 0.25) is 0 Å². The van der Waals surface area contributed by atoms with E-state index < -0.39 is 0 Å². The lowest BCUT2D eigenvalue weighted by molar-refractivity contribution is 1.15. The summed E-state index contributed by atoms with van der Waals surface area (Å²) in [7, 11) is 0. The third-order valence-electron chi connectivity index (χ3n) is 2.11. The lowest BCUT2D eigenvalue weighted by Crippen LogP contribution is -1.96. The second-order valence-corrected chi connectivity index (χ2v) is 4.63. The first-order chi connectivity index (χ1) is 8.28. The number of hydrogen-bond acceptors (Lipinski definition) is 4. The molecule has 0 amide bonds. The van der Waals surface area contributed by atoms with Gasteiger partial charge in [-0.2, -0.15) is 5.26 Å². The molecule has 0 spiro atoms. The number of aromatic nitrogens is 2. The molecule has 17 heavy (non-hydrogen) atoms. The summed E-state index contributed by atoms with van der Waals surface area (Å²) >= 11 is 2.16. The van der Waals surface area contributed by atoms with E-state index in [0.29, 0.717) is 12.4 Å². The van der Waals surface area contributed by atoms with Crippen LogP contribution in [-0.4, -0.2) is 9.97 Å². The molecule has 2 rings (SSSR count). The molecule has 1 aromatic heterocycles. The molecule has 0 unspecified atom stereocenters. The minimum Gasteiger partial charge on any atom is -0.324 e. The lowest BCUT2D eigenvalue weighted by Gasteiger charge is -2.04. The summed E-state index contributed by atoms with van der Waals surface area (Å²) in [6, 6.07) is 9.76. The van der Waals surface area contributed by atoms with Crippen LogP contribution >= 0.6 is 22.6 Å². The van der Waals surface area contributed by atoms with Crippen LogP contribution in [0, 0.1) is 14.9 Å². The number of halogens is 1. The highest BCUT2D eigenvalue weighted by molar-refractivity contribution is 14.1. The van der Waals surface area contributed by atoms with Crippen molar-refractivity contribution in [3.63, 3.8) is 0 Å². The van der Waals surface area contributed by atoms with E-state index in [4.69, 9.17) is 5.26 Å². The van der Waals surface area contributed by atoms with Crippen molar-refractivity contribution in [1.82, 2.24) is 9.97 Å². The fourth-order valence-electron chi connectivity index (χ4n) is 1.30. The van der Waals surface area contributed by atoms with Gasteiger partial charge in [-0.25, -0.2) is 9.97 Å². The van der Waals surface area contributed by atoms with Crippen LogP contribution in [0.3, 0.4) is 0 Å². The molecule has 0 fully saturated rings. The molecule has 2 aromatic rings. The topological polar surface area (TPSA) is 61.6 Å². The Morgan fingerprint density at radius 2 is 1.82 bits per heavy atom. The number of rotatable bonds is 3. The van der Waals surface area contributed by atoms with E-state index in [-0.39, 0.29) is 0 Å². The summed E-state index contributed by atoms with van der Waals surface area (Å²) in [5, 5.41) is 11.7. The minimum atomic E-state index is 0.431. The van der Waals surface area contributed by atoms with Crippen LogP contribution < -0.4 is 5.32 Å². The zero-order valence-electron chi connectivity index (χ0n) is 8.89. The summed E-state index contributed by atoms with van der Waals surface area (Å²) in [5.74, 6) is 0.568. The average molecular weight is 336 g/mol. The minimum absolute atomic E-state index is 0.431. The monoisotopic (exact) mass is 336 g/mol. The van der Waals surface area contributed by atoms with Crippen molar-refractivity contribution in [1.29, 1.82) is 5.26 Å². The van der Waals surface area contributed by atoms with Crippen molar-refractivity contribution >= 4 is 34.2 Å². The second-order valence-electron chi connectivity index (χ2n) is 3.38. The molecule has 5 heteroatoms. The lowest BCUT2D eigenvalue weighted by atomic mass is 10.1. The quantitative estimate of drug-likeness (QED) is 0.876. The van der Waals surface area contributed by atoms with E-state index in [1.165, 1.54) is 0 Å². The van der Waals surface area contributed by atoms with Crippen molar-refractivity contribution < 1.29 is 0 Å². The Morgan fingerprint density at radius 3 is 2.41 bits per heavy atom. The fourth-order valence-corrected chi connectivity index (χ4v) is 1.58. The van der Waals surface area contributed by atoms with E-state index in [1.807, 2.05) is 24.3 Å². The van der Waals surface area contributed by atoms with Gasteiger partial charge in [0.15, 0.2) is 0 Å². The molecule has 1 aromatic carbocycles. The van der Waals surface area contributed by atoms with Crippen molar-refractivity contribution in [2.45, 2.75) is 6.42 Å². The molecule has 1 heterocycles. The molecule has 84 valence electrons. The molecule has 0 bridgehead atoms. The SMILES string of the molecule is N#CCc1ccc(Nc2ncc(I)cn2)cc1. The first-order valence-electron chi connectivity index (χ1n) is 4.98. The summed E-state index contributed by atoms with van der Waals surface area (Å²) < 4.78 is 0.998. The van der Waals surface area contributed by atoms with Crippen LogP contribution in [0.15, 0.2) is 36.7 Å². The molecule has 0 aliphatic heterocycles. The fraction of sp³-hybridized carbons (Fsp3) is 0.0833. The molecule has 0 aliphatic rings. The van der Waals surface area contributed by atoms with E-state index in [0.717, 1.165) is 14.8 Å². The van der Waals surface area contributed by atoms with Gasteiger partial charge in [0, 0.05) is 21.7 Å². The van der Waals surface area contributed by atoms with Crippen molar-refractivity contribution in [3.8, 4) is 6.07 Å². The van der Waals surface area contributed by atoms with Gasteiger partial charge in [-0.3, -0.25) is 0 Å². The highest BCUT2D eigenvalue weighted by atomic mass is 127. The number of hydrogen-bond donors (Lipinski definition) is 1. The Morgan fingerprint density at radius 1 is 1.18 bits per heavy atom. The Labute approximate surface area is 113 Å². The third kappa shape index (κ3) is 3.39.